The molecule has 0 aromatic heterocycles. The van der Waals surface area contributed by atoms with Crippen LogP contribution in [0.4, 0.5) is 0 Å². The fraction of sp³-hybridized carbons (Fsp3) is 0.909. The molecule has 1 aliphatic heterocycles. The minimum atomic E-state index is -0.0327. The fourth-order valence-electron chi connectivity index (χ4n) is 1.65. The van der Waals surface area contributed by atoms with E-state index in [1.165, 1.54) is 0 Å². The Labute approximate surface area is 96.9 Å². The van der Waals surface area contributed by atoms with Crippen LogP contribution in [0.25, 0.3) is 0 Å². The highest BCUT2D eigenvalue weighted by Crippen LogP contribution is 2.06. The van der Waals surface area contributed by atoms with Crippen LogP contribution < -0.4 is 10.6 Å². The van der Waals surface area contributed by atoms with Crippen molar-refractivity contribution in [3.8, 4) is 0 Å². The number of piperidine rings is 1. The molecule has 2 N–H and O–H groups in total. The molecule has 1 amide bonds. The maximum absolute atomic E-state index is 11.4. The van der Waals surface area contributed by atoms with Gasteiger partial charge in [-0.05, 0) is 32.4 Å². The highest BCUT2D eigenvalue weighted by molar-refractivity contribution is 5.77. The van der Waals surface area contributed by atoms with Crippen LogP contribution in [0.2, 0.25) is 0 Å². The van der Waals surface area contributed by atoms with E-state index >= 15 is 0 Å². The molecule has 1 fully saturated rings. The summed E-state index contributed by atoms with van der Waals surface area (Å²) in [6.07, 6.45) is 3.08. The number of hydrogen-bond acceptors (Lipinski definition) is 4. The Kier molecular flexibility index (Phi) is 7.12. The van der Waals surface area contributed by atoms with E-state index in [9.17, 15) is 4.79 Å². The third-order valence-corrected chi connectivity index (χ3v) is 2.58. The van der Waals surface area contributed by atoms with Crippen molar-refractivity contribution >= 4 is 5.91 Å². The van der Waals surface area contributed by atoms with Gasteiger partial charge in [0.05, 0.1) is 6.10 Å². The Morgan fingerprint density at radius 2 is 2.19 bits per heavy atom. The van der Waals surface area contributed by atoms with Gasteiger partial charge in [-0.15, -0.1) is 0 Å². The number of amides is 1. The molecule has 16 heavy (non-hydrogen) atoms. The van der Waals surface area contributed by atoms with Gasteiger partial charge in [0.2, 0.25) is 5.91 Å². The van der Waals surface area contributed by atoms with Gasteiger partial charge in [0.1, 0.15) is 6.61 Å². The second kappa shape index (κ2) is 8.50. The van der Waals surface area contributed by atoms with E-state index < -0.39 is 0 Å². The smallest absolute Gasteiger partial charge is 0.246 e. The lowest BCUT2D eigenvalue weighted by atomic mass is 10.1. The second-order valence-corrected chi connectivity index (χ2v) is 3.96. The molecule has 5 nitrogen and oxygen atoms in total. The van der Waals surface area contributed by atoms with E-state index in [1.54, 1.807) is 7.11 Å². The minimum absolute atomic E-state index is 0.0327. The molecule has 5 heteroatoms. The van der Waals surface area contributed by atoms with Crippen LogP contribution in [0, 0.1) is 0 Å². The van der Waals surface area contributed by atoms with Gasteiger partial charge in [0, 0.05) is 20.3 Å². The predicted octanol–water partition coefficient (Wildman–Crippen LogP) is -0.0923. The number of hydrogen-bond donors (Lipinski definition) is 2. The monoisotopic (exact) mass is 230 g/mol. The molecule has 0 unspecified atom stereocenters. The highest BCUT2D eigenvalue weighted by Gasteiger charge is 2.14. The normalized spacial score (nSPS) is 17.3. The van der Waals surface area contributed by atoms with Crippen molar-refractivity contribution in [2.24, 2.45) is 0 Å². The summed E-state index contributed by atoms with van der Waals surface area (Å²) in [5.41, 5.74) is 0. The van der Waals surface area contributed by atoms with Gasteiger partial charge in [-0.3, -0.25) is 4.79 Å². The van der Waals surface area contributed by atoms with Crippen molar-refractivity contribution in [2.45, 2.75) is 25.4 Å². The van der Waals surface area contributed by atoms with Crippen LogP contribution in [0.5, 0.6) is 0 Å². The summed E-state index contributed by atoms with van der Waals surface area (Å²) in [4.78, 5) is 11.4. The van der Waals surface area contributed by atoms with Gasteiger partial charge in [0.25, 0.3) is 0 Å². The van der Waals surface area contributed by atoms with E-state index in [-0.39, 0.29) is 18.6 Å². The Hall–Kier alpha value is -0.650. The Morgan fingerprint density at radius 1 is 1.44 bits per heavy atom. The summed E-state index contributed by atoms with van der Waals surface area (Å²) in [5, 5.41) is 6.05. The molecule has 0 atom stereocenters. The predicted molar refractivity (Wildman–Crippen MR) is 61.3 cm³/mol. The van der Waals surface area contributed by atoms with Gasteiger partial charge in [-0.1, -0.05) is 0 Å². The number of methoxy groups -OCH3 is 1. The first-order chi connectivity index (χ1) is 7.83. The van der Waals surface area contributed by atoms with Crippen molar-refractivity contribution in [3.05, 3.63) is 0 Å². The topological polar surface area (TPSA) is 59.6 Å². The first-order valence-electron chi connectivity index (χ1n) is 5.91. The van der Waals surface area contributed by atoms with Crippen LogP contribution in [0.1, 0.15) is 19.3 Å². The number of nitrogens with one attached hydrogen (secondary N) is 2. The first kappa shape index (κ1) is 13.4. The quantitative estimate of drug-likeness (QED) is 0.600. The van der Waals surface area contributed by atoms with Crippen LogP contribution in [0.15, 0.2) is 0 Å². The summed E-state index contributed by atoms with van der Waals surface area (Å²) in [7, 11) is 1.65. The van der Waals surface area contributed by atoms with Gasteiger partial charge in [-0.25, -0.2) is 0 Å². The summed E-state index contributed by atoms with van der Waals surface area (Å²) >= 11 is 0. The molecule has 0 aliphatic carbocycles. The van der Waals surface area contributed by atoms with Crippen LogP contribution in [0.3, 0.4) is 0 Å². The lowest BCUT2D eigenvalue weighted by Gasteiger charge is -2.22. The van der Waals surface area contributed by atoms with Crippen LogP contribution >= 0.6 is 0 Å². The Morgan fingerprint density at radius 3 is 2.88 bits per heavy atom. The molecule has 0 bridgehead atoms. The van der Waals surface area contributed by atoms with Crippen molar-refractivity contribution in [1.29, 1.82) is 0 Å². The average molecular weight is 230 g/mol. The molecule has 1 saturated heterocycles. The zero-order chi connectivity index (χ0) is 11.6. The average Bonchev–Trinajstić information content (AvgIpc) is 2.33. The molecular weight excluding hydrogens is 208 g/mol. The second-order valence-electron chi connectivity index (χ2n) is 3.96. The molecule has 0 saturated carbocycles. The first-order valence-corrected chi connectivity index (χ1v) is 5.91. The number of carbonyl (C=O) groups is 1. The molecule has 1 aliphatic rings. The maximum atomic E-state index is 11.4. The summed E-state index contributed by atoms with van der Waals surface area (Å²) in [6, 6.07) is 0. The lowest BCUT2D eigenvalue weighted by molar-refractivity contribution is -0.128. The third-order valence-electron chi connectivity index (χ3n) is 2.58. The van der Waals surface area contributed by atoms with Crippen LogP contribution in [-0.4, -0.2) is 52.0 Å². The maximum Gasteiger partial charge on any atom is 0.246 e. The molecule has 1 heterocycles. The number of ether oxygens (including phenoxy) is 2. The zero-order valence-electron chi connectivity index (χ0n) is 9.96. The summed E-state index contributed by atoms with van der Waals surface area (Å²) in [6.45, 7) is 3.48. The summed E-state index contributed by atoms with van der Waals surface area (Å²) in [5.74, 6) is -0.0327. The molecular formula is C11H22N2O3. The van der Waals surface area contributed by atoms with E-state index in [2.05, 4.69) is 10.6 Å². The van der Waals surface area contributed by atoms with Gasteiger partial charge < -0.3 is 20.1 Å². The van der Waals surface area contributed by atoms with Crippen molar-refractivity contribution in [1.82, 2.24) is 10.6 Å². The zero-order valence-corrected chi connectivity index (χ0v) is 9.96. The molecule has 0 aromatic carbocycles. The highest BCUT2D eigenvalue weighted by atomic mass is 16.5. The van der Waals surface area contributed by atoms with E-state index in [0.29, 0.717) is 13.2 Å². The van der Waals surface area contributed by atoms with Gasteiger partial charge in [-0.2, -0.15) is 0 Å². The Bertz CT molecular complexity index is 194. The van der Waals surface area contributed by atoms with Crippen LogP contribution in [-0.2, 0) is 14.3 Å². The molecule has 0 radical (unpaired) electrons. The largest absolute Gasteiger partial charge is 0.385 e. The Balaban J connectivity index is 1.96. The SMILES string of the molecule is COCCCNC(=O)COC1CCNCC1. The third kappa shape index (κ3) is 6.05. The molecule has 94 valence electrons. The number of carbonyl (C=O) groups excluding carboxylic acids is 1. The summed E-state index contributed by atoms with van der Waals surface area (Å²) < 4.78 is 10.4. The van der Waals surface area contributed by atoms with Gasteiger partial charge in [0.15, 0.2) is 0 Å². The molecule has 1 rings (SSSR count). The molecule has 0 aromatic rings. The van der Waals surface area contributed by atoms with Crippen molar-refractivity contribution < 1.29 is 14.3 Å². The van der Waals surface area contributed by atoms with Crippen molar-refractivity contribution in [3.63, 3.8) is 0 Å². The van der Waals surface area contributed by atoms with E-state index in [1.807, 2.05) is 0 Å². The molecule has 0 spiro atoms. The van der Waals surface area contributed by atoms with Gasteiger partial charge >= 0.3 is 0 Å². The lowest BCUT2D eigenvalue weighted by Crippen LogP contribution is -2.36. The standard InChI is InChI=1S/C11H22N2O3/c1-15-8-2-5-13-11(14)9-16-10-3-6-12-7-4-10/h10,12H,2-9H2,1H3,(H,13,14). The fourth-order valence-corrected chi connectivity index (χ4v) is 1.65. The van der Waals surface area contributed by atoms with E-state index in [0.717, 1.165) is 32.4 Å². The number of rotatable bonds is 7. The van der Waals surface area contributed by atoms with Crippen molar-refractivity contribution in [2.75, 3.05) is 40.0 Å². The van der Waals surface area contributed by atoms with E-state index in [4.69, 9.17) is 9.47 Å². The minimum Gasteiger partial charge on any atom is -0.385 e.